The van der Waals surface area contributed by atoms with Gasteiger partial charge in [0.1, 0.15) is 11.6 Å². The maximum absolute atomic E-state index is 13.2. The zero-order valence-corrected chi connectivity index (χ0v) is 10.3. The molecule has 0 aliphatic heterocycles. The lowest BCUT2D eigenvalue weighted by Gasteiger charge is -2.04. The van der Waals surface area contributed by atoms with Crippen LogP contribution in [-0.4, -0.2) is 4.98 Å². The topological polar surface area (TPSA) is 38.1 Å². The zero-order chi connectivity index (χ0) is 12.4. The van der Waals surface area contributed by atoms with Crippen molar-refractivity contribution in [2.24, 2.45) is 0 Å². The molecule has 0 fully saturated rings. The third-order valence-corrected chi connectivity index (χ3v) is 2.74. The van der Waals surface area contributed by atoms with Gasteiger partial charge in [0.2, 0.25) is 5.89 Å². The van der Waals surface area contributed by atoms with Crippen LogP contribution in [0.25, 0.3) is 0 Å². The molecule has 90 valence electrons. The molecule has 1 aromatic heterocycles. The van der Waals surface area contributed by atoms with Gasteiger partial charge in [0.15, 0.2) is 0 Å². The quantitative estimate of drug-likeness (QED) is 0.908. The van der Waals surface area contributed by atoms with Crippen molar-refractivity contribution in [1.82, 2.24) is 4.98 Å². The predicted molar refractivity (Wildman–Crippen MR) is 64.7 cm³/mol. The van der Waals surface area contributed by atoms with Gasteiger partial charge in [-0.05, 0) is 32.0 Å². The van der Waals surface area contributed by atoms with Crippen LogP contribution in [0.4, 0.5) is 10.1 Å². The highest BCUT2D eigenvalue weighted by atomic mass is 35.5. The van der Waals surface area contributed by atoms with Gasteiger partial charge in [-0.25, -0.2) is 9.37 Å². The standard InChI is InChI=1S/C12H12ClFN2O/c1-7-8(2)17-12(16-7)6-15-9-3-4-10(13)11(14)5-9/h3-5,15H,6H2,1-2H3. The van der Waals surface area contributed by atoms with E-state index < -0.39 is 5.82 Å². The van der Waals surface area contributed by atoms with Gasteiger partial charge in [0.25, 0.3) is 0 Å². The first kappa shape index (κ1) is 11.9. The summed E-state index contributed by atoms with van der Waals surface area (Å²) in [6.07, 6.45) is 0. The minimum atomic E-state index is -0.448. The maximum atomic E-state index is 13.2. The van der Waals surface area contributed by atoms with Crippen molar-refractivity contribution in [1.29, 1.82) is 0 Å². The first-order valence-electron chi connectivity index (χ1n) is 5.18. The van der Waals surface area contributed by atoms with E-state index in [4.69, 9.17) is 16.0 Å². The van der Waals surface area contributed by atoms with Gasteiger partial charge in [0.05, 0.1) is 17.3 Å². The molecule has 0 atom stereocenters. The Morgan fingerprint density at radius 3 is 2.76 bits per heavy atom. The Morgan fingerprint density at radius 2 is 2.18 bits per heavy atom. The van der Waals surface area contributed by atoms with Gasteiger partial charge < -0.3 is 9.73 Å². The largest absolute Gasteiger partial charge is 0.444 e. The fourth-order valence-corrected chi connectivity index (χ4v) is 1.52. The molecule has 0 amide bonds. The third kappa shape index (κ3) is 2.77. The molecule has 0 aliphatic rings. The molecule has 2 aromatic rings. The third-order valence-electron chi connectivity index (χ3n) is 2.44. The Kier molecular flexibility index (Phi) is 3.33. The molecule has 3 nitrogen and oxygen atoms in total. The normalized spacial score (nSPS) is 10.6. The Bertz CT molecular complexity index is 520. The molecule has 1 heterocycles. The van der Waals surface area contributed by atoms with E-state index >= 15 is 0 Å². The number of aromatic nitrogens is 1. The second kappa shape index (κ2) is 4.75. The summed E-state index contributed by atoms with van der Waals surface area (Å²) in [6, 6.07) is 4.55. The summed E-state index contributed by atoms with van der Waals surface area (Å²) in [5, 5.41) is 3.12. The molecule has 0 unspecified atom stereocenters. The van der Waals surface area contributed by atoms with Crippen LogP contribution < -0.4 is 5.32 Å². The van der Waals surface area contributed by atoms with Crippen molar-refractivity contribution in [3.8, 4) is 0 Å². The van der Waals surface area contributed by atoms with Gasteiger partial charge in [-0.15, -0.1) is 0 Å². The number of nitrogens with one attached hydrogen (secondary N) is 1. The first-order valence-corrected chi connectivity index (χ1v) is 5.56. The van der Waals surface area contributed by atoms with Gasteiger partial charge in [-0.2, -0.15) is 0 Å². The minimum Gasteiger partial charge on any atom is -0.444 e. The van der Waals surface area contributed by atoms with E-state index in [0.717, 1.165) is 11.5 Å². The van der Waals surface area contributed by atoms with Crippen LogP contribution in [0.5, 0.6) is 0 Å². The van der Waals surface area contributed by atoms with Crippen molar-refractivity contribution in [3.05, 3.63) is 46.4 Å². The summed E-state index contributed by atoms with van der Waals surface area (Å²) in [5.74, 6) is 0.927. The Labute approximate surface area is 104 Å². The van der Waals surface area contributed by atoms with Crippen LogP contribution in [0.15, 0.2) is 22.6 Å². The van der Waals surface area contributed by atoms with Gasteiger partial charge in [0, 0.05) is 5.69 Å². The molecule has 1 aromatic carbocycles. The molecule has 0 spiro atoms. The molecule has 0 saturated carbocycles. The van der Waals surface area contributed by atoms with E-state index in [1.165, 1.54) is 12.1 Å². The van der Waals surface area contributed by atoms with Gasteiger partial charge in [-0.3, -0.25) is 0 Å². The van der Waals surface area contributed by atoms with E-state index in [0.29, 0.717) is 18.1 Å². The Balaban J connectivity index is 2.04. The van der Waals surface area contributed by atoms with Gasteiger partial charge in [-0.1, -0.05) is 11.6 Å². The summed E-state index contributed by atoms with van der Waals surface area (Å²) in [6.45, 7) is 4.15. The highest BCUT2D eigenvalue weighted by molar-refractivity contribution is 6.30. The lowest BCUT2D eigenvalue weighted by Crippen LogP contribution is -2.00. The molecule has 1 N–H and O–H groups in total. The predicted octanol–water partition coefficient (Wildman–Crippen LogP) is 3.70. The van der Waals surface area contributed by atoms with Gasteiger partial charge >= 0.3 is 0 Å². The van der Waals surface area contributed by atoms with E-state index in [9.17, 15) is 4.39 Å². The van der Waals surface area contributed by atoms with Crippen LogP contribution in [0, 0.1) is 19.7 Å². The number of halogens is 2. The van der Waals surface area contributed by atoms with Crippen molar-refractivity contribution >= 4 is 17.3 Å². The lowest BCUT2D eigenvalue weighted by atomic mass is 10.3. The van der Waals surface area contributed by atoms with Crippen LogP contribution in [-0.2, 0) is 6.54 Å². The summed E-state index contributed by atoms with van der Waals surface area (Å²) >= 11 is 5.59. The molecule has 0 radical (unpaired) electrons. The molecule has 5 heteroatoms. The van der Waals surface area contributed by atoms with Crippen LogP contribution in [0.1, 0.15) is 17.3 Å². The Morgan fingerprint density at radius 1 is 1.41 bits per heavy atom. The second-order valence-corrected chi connectivity index (χ2v) is 4.14. The molecule has 0 bridgehead atoms. The fraction of sp³-hybridized carbons (Fsp3) is 0.250. The summed E-state index contributed by atoms with van der Waals surface area (Å²) in [7, 11) is 0. The Hall–Kier alpha value is -1.55. The molecule has 0 aliphatic carbocycles. The SMILES string of the molecule is Cc1nc(CNc2ccc(Cl)c(F)c2)oc1C. The summed E-state index contributed by atoms with van der Waals surface area (Å²) in [4.78, 5) is 4.22. The van der Waals surface area contributed by atoms with E-state index in [1.54, 1.807) is 6.07 Å². The van der Waals surface area contributed by atoms with Crippen LogP contribution >= 0.6 is 11.6 Å². The van der Waals surface area contributed by atoms with Crippen molar-refractivity contribution < 1.29 is 8.81 Å². The minimum absolute atomic E-state index is 0.110. The van der Waals surface area contributed by atoms with E-state index in [-0.39, 0.29) is 5.02 Å². The lowest BCUT2D eigenvalue weighted by molar-refractivity contribution is 0.478. The smallest absolute Gasteiger partial charge is 0.213 e. The average molecular weight is 255 g/mol. The number of rotatable bonds is 3. The molecular formula is C12H12ClFN2O. The molecule has 0 saturated heterocycles. The monoisotopic (exact) mass is 254 g/mol. The maximum Gasteiger partial charge on any atom is 0.213 e. The first-order chi connectivity index (χ1) is 8.06. The number of aryl methyl sites for hydroxylation is 2. The van der Waals surface area contributed by atoms with E-state index in [1.807, 2.05) is 13.8 Å². The molecule has 2 rings (SSSR count). The summed E-state index contributed by atoms with van der Waals surface area (Å²) in [5.41, 5.74) is 1.50. The number of nitrogens with zero attached hydrogens (tertiary/aromatic N) is 1. The zero-order valence-electron chi connectivity index (χ0n) is 9.55. The van der Waals surface area contributed by atoms with E-state index in [2.05, 4.69) is 10.3 Å². The molecule has 17 heavy (non-hydrogen) atoms. The van der Waals surface area contributed by atoms with Crippen LogP contribution in [0.2, 0.25) is 5.02 Å². The van der Waals surface area contributed by atoms with Crippen molar-refractivity contribution in [2.75, 3.05) is 5.32 Å². The highest BCUT2D eigenvalue weighted by Gasteiger charge is 2.06. The fourth-order valence-electron chi connectivity index (χ4n) is 1.40. The van der Waals surface area contributed by atoms with Crippen LogP contribution in [0.3, 0.4) is 0 Å². The van der Waals surface area contributed by atoms with Crippen molar-refractivity contribution in [3.63, 3.8) is 0 Å². The summed E-state index contributed by atoms with van der Waals surface area (Å²) < 4.78 is 18.6. The number of oxazole rings is 1. The highest BCUT2D eigenvalue weighted by Crippen LogP contribution is 2.19. The average Bonchev–Trinajstić information content (AvgIpc) is 2.60. The second-order valence-electron chi connectivity index (χ2n) is 3.73. The number of hydrogen-bond acceptors (Lipinski definition) is 3. The molecular weight excluding hydrogens is 243 g/mol. The number of benzene rings is 1. The number of anilines is 1. The van der Waals surface area contributed by atoms with Crippen molar-refractivity contribution in [2.45, 2.75) is 20.4 Å². The number of hydrogen-bond donors (Lipinski definition) is 1.